The zero-order chi connectivity index (χ0) is 16.8. The van der Waals surface area contributed by atoms with Crippen molar-refractivity contribution in [1.82, 2.24) is 9.80 Å². The Morgan fingerprint density at radius 3 is 2.62 bits per heavy atom. The standard InChI is InChI=1S/C19H28N2O3/c22-18(14-24-13-17-7-2-1-3-8-17)21-12-6-9-19(23,16-21)15-20-10-4-5-11-20/h1-3,7-8,23H,4-6,9-16H2. The molecule has 2 heterocycles. The monoisotopic (exact) mass is 332 g/mol. The van der Waals surface area contributed by atoms with Crippen molar-refractivity contribution < 1.29 is 14.6 Å². The molecule has 0 bridgehead atoms. The molecule has 5 nitrogen and oxygen atoms in total. The summed E-state index contributed by atoms with van der Waals surface area (Å²) in [5, 5.41) is 10.9. The zero-order valence-corrected chi connectivity index (χ0v) is 14.3. The van der Waals surface area contributed by atoms with Gasteiger partial charge in [-0.2, -0.15) is 0 Å². The summed E-state index contributed by atoms with van der Waals surface area (Å²) in [6.45, 7) is 4.48. The van der Waals surface area contributed by atoms with Gasteiger partial charge in [0.2, 0.25) is 5.91 Å². The number of ether oxygens (including phenoxy) is 1. The van der Waals surface area contributed by atoms with Crippen LogP contribution in [0.25, 0.3) is 0 Å². The molecule has 132 valence electrons. The number of rotatable bonds is 6. The van der Waals surface area contributed by atoms with Crippen LogP contribution in [0.1, 0.15) is 31.2 Å². The maximum atomic E-state index is 12.4. The summed E-state index contributed by atoms with van der Waals surface area (Å²) in [5.41, 5.74) is 0.298. The number of benzene rings is 1. The molecule has 1 unspecified atom stereocenters. The van der Waals surface area contributed by atoms with Crippen molar-refractivity contribution in [3.63, 3.8) is 0 Å². The second-order valence-electron chi connectivity index (χ2n) is 7.10. The average Bonchev–Trinajstić information content (AvgIpc) is 3.08. The molecule has 1 atom stereocenters. The molecule has 0 saturated carbocycles. The molecule has 1 amide bonds. The van der Waals surface area contributed by atoms with Crippen molar-refractivity contribution >= 4 is 5.91 Å². The molecule has 3 rings (SSSR count). The van der Waals surface area contributed by atoms with Crippen molar-refractivity contribution in [2.24, 2.45) is 0 Å². The summed E-state index contributed by atoms with van der Waals surface area (Å²) < 4.78 is 5.55. The van der Waals surface area contributed by atoms with Gasteiger partial charge in [0.05, 0.1) is 18.8 Å². The first-order valence-electron chi connectivity index (χ1n) is 8.99. The number of amides is 1. The lowest BCUT2D eigenvalue weighted by molar-refractivity contribution is -0.144. The summed E-state index contributed by atoms with van der Waals surface area (Å²) >= 11 is 0. The molecule has 0 radical (unpaired) electrons. The second-order valence-corrected chi connectivity index (χ2v) is 7.10. The molecule has 0 aromatic heterocycles. The number of hydrogen-bond donors (Lipinski definition) is 1. The predicted octanol–water partition coefficient (Wildman–Crippen LogP) is 1.65. The maximum absolute atomic E-state index is 12.4. The summed E-state index contributed by atoms with van der Waals surface area (Å²) in [6, 6.07) is 9.86. The van der Waals surface area contributed by atoms with E-state index in [1.807, 2.05) is 30.3 Å². The molecule has 2 aliphatic rings. The van der Waals surface area contributed by atoms with Gasteiger partial charge in [-0.05, 0) is 44.3 Å². The van der Waals surface area contributed by atoms with Gasteiger partial charge < -0.3 is 19.6 Å². The van der Waals surface area contributed by atoms with E-state index in [-0.39, 0.29) is 12.5 Å². The minimum absolute atomic E-state index is 0.0227. The molecular weight excluding hydrogens is 304 g/mol. The highest BCUT2D eigenvalue weighted by molar-refractivity contribution is 5.77. The highest BCUT2D eigenvalue weighted by Crippen LogP contribution is 2.24. The summed E-state index contributed by atoms with van der Waals surface area (Å²) in [5.74, 6) is -0.0227. The van der Waals surface area contributed by atoms with Gasteiger partial charge in [-0.15, -0.1) is 0 Å². The van der Waals surface area contributed by atoms with Gasteiger partial charge in [0, 0.05) is 13.1 Å². The number of aliphatic hydroxyl groups is 1. The van der Waals surface area contributed by atoms with Gasteiger partial charge in [0.25, 0.3) is 0 Å². The van der Waals surface area contributed by atoms with Crippen LogP contribution in [-0.4, -0.2) is 65.7 Å². The van der Waals surface area contributed by atoms with Crippen LogP contribution in [0.2, 0.25) is 0 Å². The van der Waals surface area contributed by atoms with E-state index in [0.29, 0.717) is 19.7 Å². The van der Waals surface area contributed by atoms with Crippen LogP contribution in [0.3, 0.4) is 0 Å². The van der Waals surface area contributed by atoms with Gasteiger partial charge in [0.1, 0.15) is 6.61 Å². The van der Waals surface area contributed by atoms with Crippen LogP contribution in [0.15, 0.2) is 30.3 Å². The third-order valence-corrected chi connectivity index (χ3v) is 4.96. The summed E-state index contributed by atoms with van der Waals surface area (Å²) in [7, 11) is 0. The number of likely N-dealkylation sites (tertiary alicyclic amines) is 2. The Hall–Kier alpha value is -1.43. The van der Waals surface area contributed by atoms with E-state index in [2.05, 4.69) is 4.90 Å². The fourth-order valence-electron chi connectivity index (χ4n) is 3.73. The predicted molar refractivity (Wildman–Crippen MR) is 92.5 cm³/mol. The minimum Gasteiger partial charge on any atom is -0.387 e. The lowest BCUT2D eigenvalue weighted by Gasteiger charge is -2.41. The van der Waals surface area contributed by atoms with Crippen molar-refractivity contribution in [1.29, 1.82) is 0 Å². The first-order valence-corrected chi connectivity index (χ1v) is 8.99. The lowest BCUT2D eigenvalue weighted by atomic mass is 9.92. The Bertz CT molecular complexity index is 531. The van der Waals surface area contributed by atoms with E-state index in [0.717, 1.165) is 38.0 Å². The SMILES string of the molecule is O=C(COCc1ccccc1)N1CCCC(O)(CN2CCCC2)C1. The smallest absolute Gasteiger partial charge is 0.248 e. The van der Waals surface area contributed by atoms with Crippen molar-refractivity contribution in [2.75, 3.05) is 39.3 Å². The Morgan fingerprint density at radius 2 is 1.88 bits per heavy atom. The number of hydrogen-bond acceptors (Lipinski definition) is 4. The first kappa shape index (κ1) is 17.4. The molecule has 1 N–H and O–H groups in total. The van der Waals surface area contributed by atoms with Crippen LogP contribution >= 0.6 is 0 Å². The number of nitrogens with zero attached hydrogens (tertiary/aromatic N) is 2. The van der Waals surface area contributed by atoms with Gasteiger partial charge in [-0.1, -0.05) is 30.3 Å². The van der Waals surface area contributed by atoms with Gasteiger partial charge in [-0.3, -0.25) is 4.79 Å². The fourth-order valence-corrected chi connectivity index (χ4v) is 3.73. The van der Waals surface area contributed by atoms with Crippen LogP contribution < -0.4 is 0 Å². The van der Waals surface area contributed by atoms with Crippen LogP contribution in [0, 0.1) is 0 Å². The van der Waals surface area contributed by atoms with E-state index >= 15 is 0 Å². The molecular formula is C19H28N2O3. The van der Waals surface area contributed by atoms with Crippen LogP contribution in [-0.2, 0) is 16.1 Å². The topological polar surface area (TPSA) is 53.0 Å². The van der Waals surface area contributed by atoms with E-state index in [4.69, 9.17) is 4.74 Å². The number of carbonyl (C=O) groups excluding carboxylic acids is 1. The molecule has 0 spiro atoms. The summed E-state index contributed by atoms with van der Waals surface area (Å²) in [4.78, 5) is 16.5. The Labute approximate surface area is 144 Å². The molecule has 2 fully saturated rings. The molecule has 5 heteroatoms. The fraction of sp³-hybridized carbons (Fsp3) is 0.632. The van der Waals surface area contributed by atoms with Crippen LogP contribution in [0.4, 0.5) is 0 Å². The molecule has 24 heavy (non-hydrogen) atoms. The Balaban J connectivity index is 1.45. The maximum Gasteiger partial charge on any atom is 0.248 e. The zero-order valence-electron chi connectivity index (χ0n) is 14.3. The van der Waals surface area contributed by atoms with Crippen LogP contribution in [0.5, 0.6) is 0 Å². The van der Waals surface area contributed by atoms with Gasteiger partial charge >= 0.3 is 0 Å². The molecule has 2 saturated heterocycles. The third kappa shape index (κ3) is 4.79. The second kappa shape index (κ2) is 8.10. The van der Waals surface area contributed by atoms with E-state index in [9.17, 15) is 9.90 Å². The molecule has 2 aliphatic heterocycles. The first-order chi connectivity index (χ1) is 11.6. The Morgan fingerprint density at radius 1 is 1.12 bits per heavy atom. The van der Waals surface area contributed by atoms with Crippen molar-refractivity contribution in [3.8, 4) is 0 Å². The van der Waals surface area contributed by atoms with E-state index in [1.54, 1.807) is 4.90 Å². The average molecular weight is 332 g/mol. The normalized spacial score (nSPS) is 25.1. The Kier molecular flexibility index (Phi) is 5.87. The van der Waals surface area contributed by atoms with Crippen molar-refractivity contribution in [3.05, 3.63) is 35.9 Å². The highest BCUT2D eigenvalue weighted by atomic mass is 16.5. The number of carbonyl (C=O) groups is 1. The largest absolute Gasteiger partial charge is 0.387 e. The summed E-state index contributed by atoms with van der Waals surface area (Å²) in [6.07, 6.45) is 4.06. The van der Waals surface area contributed by atoms with E-state index in [1.165, 1.54) is 12.8 Å². The molecule has 0 aliphatic carbocycles. The number of piperidine rings is 1. The lowest BCUT2D eigenvalue weighted by Crippen LogP contribution is -2.55. The third-order valence-electron chi connectivity index (χ3n) is 4.96. The minimum atomic E-state index is -0.766. The van der Waals surface area contributed by atoms with Crippen molar-refractivity contribution in [2.45, 2.75) is 37.9 Å². The number of β-amino-alcohol motifs (C(OH)–C–C–N with tert-alkyl or cyclic N) is 1. The van der Waals surface area contributed by atoms with Gasteiger partial charge in [-0.25, -0.2) is 0 Å². The van der Waals surface area contributed by atoms with E-state index < -0.39 is 5.60 Å². The molecule has 1 aromatic rings. The molecule has 1 aromatic carbocycles. The quantitative estimate of drug-likeness (QED) is 0.861. The van der Waals surface area contributed by atoms with Gasteiger partial charge in [0.15, 0.2) is 0 Å². The highest BCUT2D eigenvalue weighted by Gasteiger charge is 2.37.